The van der Waals surface area contributed by atoms with Crippen molar-refractivity contribution >= 4 is 22.8 Å². The van der Waals surface area contributed by atoms with Gasteiger partial charge in [0.25, 0.3) is 5.91 Å². The number of carboxylic acids is 1. The van der Waals surface area contributed by atoms with Crippen LogP contribution in [0.1, 0.15) is 17.4 Å². The molecule has 18 heavy (non-hydrogen) atoms. The van der Waals surface area contributed by atoms with Crippen LogP contribution in [0.15, 0.2) is 24.3 Å². The van der Waals surface area contributed by atoms with Crippen LogP contribution in [0.3, 0.4) is 0 Å². The van der Waals surface area contributed by atoms with Crippen molar-refractivity contribution in [3.8, 4) is 0 Å². The Hall–Kier alpha value is -2.37. The molecule has 0 aliphatic carbocycles. The molecule has 1 amide bonds. The number of hydrogen-bond acceptors (Lipinski definition) is 3. The summed E-state index contributed by atoms with van der Waals surface area (Å²) in [6, 6.07) is 7.24. The van der Waals surface area contributed by atoms with Gasteiger partial charge in [-0.2, -0.15) is 5.10 Å². The first-order valence-electron chi connectivity index (χ1n) is 5.57. The number of carbonyl (C=O) groups excluding carboxylic acids is 1. The topological polar surface area (TPSA) is 86.3 Å². The Morgan fingerprint density at radius 2 is 2.11 bits per heavy atom. The van der Waals surface area contributed by atoms with Crippen molar-refractivity contribution in [3.05, 3.63) is 30.0 Å². The van der Waals surface area contributed by atoms with Gasteiger partial charge in [-0.3, -0.25) is 14.7 Å². The molecule has 0 unspecified atom stereocenters. The number of carbonyl (C=O) groups is 2. The van der Waals surface area contributed by atoms with E-state index in [9.17, 15) is 9.59 Å². The van der Waals surface area contributed by atoms with Crippen LogP contribution in [0, 0.1) is 0 Å². The van der Waals surface area contributed by atoms with E-state index in [2.05, 4.69) is 10.2 Å². The molecule has 0 spiro atoms. The van der Waals surface area contributed by atoms with Crippen molar-refractivity contribution < 1.29 is 14.7 Å². The zero-order chi connectivity index (χ0) is 13.1. The number of rotatable bonds is 4. The molecule has 0 fully saturated rings. The summed E-state index contributed by atoms with van der Waals surface area (Å²) in [6.07, 6.45) is 0. The van der Waals surface area contributed by atoms with Crippen molar-refractivity contribution in [3.63, 3.8) is 0 Å². The lowest BCUT2D eigenvalue weighted by atomic mass is 10.2. The number of likely N-dealkylation sites (N-methyl/N-ethyl adjacent to an activating group) is 1. The maximum atomic E-state index is 12.2. The first-order valence-corrected chi connectivity index (χ1v) is 5.57. The number of fused-ring (bicyclic) bond motifs is 1. The van der Waals surface area contributed by atoms with E-state index >= 15 is 0 Å². The number of benzene rings is 1. The van der Waals surface area contributed by atoms with Gasteiger partial charge in [-0.1, -0.05) is 18.2 Å². The minimum Gasteiger partial charge on any atom is -0.480 e. The second-order valence-corrected chi connectivity index (χ2v) is 3.83. The summed E-state index contributed by atoms with van der Waals surface area (Å²) in [6.45, 7) is 1.73. The molecule has 0 saturated heterocycles. The fourth-order valence-corrected chi connectivity index (χ4v) is 1.77. The van der Waals surface area contributed by atoms with Crippen LogP contribution in [-0.2, 0) is 4.79 Å². The van der Waals surface area contributed by atoms with E-state index in [-0.39, 0.29) is 18.1 Å². The normalized spacial score (nSPS) is 10.5. The first kappa shape index (κ1) is 12.1. The van der Waals surface area contributed by atoms with Crippen molar-refractivity contribution in [2.75, 3.05) is 13.1 Å². The number of amides is 1. The molecule has 2 rings (SSSR count). The molecule has 0 saturated carbocycles. The van der Waals surface area contributed by atoms with Crippen molar-refractivity contribution in [2.45, 2.75) is 6.92 Å². The van der Waals surface area contributed by atoms with Crippen LogP contribution >= 0.6 is 0 Å². The lowest BCUT2D eigenvalue weighted by Crippen LogP contribution is -2.35. The number of nitrogens with one attached hydrogen (secondary N) is 1. The molecule has 6 nitrogen and oxygen atoms in total. The Labute approximate surface area is 103 Å². The summed E-state index contributed by atoms with van der Waals surface area (Å²) in [7, 11) is 0. The molecule has 0 bridgehead atoms. The highest BCUT2D eigenvalue weighted by Gasteiger charge is 2.21. The predicted molar refractivity (Wildman–Crippen MR) is 65.3 cm³/mol. The first-order chi connectivity index (χ1) is 8.63. The third kappa shape index (κ3) is 2.17. The number of nitrogens with zero attached hydrogens (tertiary/aromatic N) is 2. The van der Waals surface area contributed by atoms with Crippen LogP contribution in [-0.4, -0.2) is 45.2 Å². The van der Waals surface area contributed by atoms with E-state index < -0.39 is 5.97 Å². The number of carboxylic acid groups (broad SMARTS) is 1. The van der Waals surface area contributed by atoms with Crippen molar-refractivity contribution in [1.82, 2.24) is 15.1 Å². The molecule has 0 aliphatic heterocycles. The molecule has 0 radical (unpaired) electrons. The second-order valence-electron chi connectivity index (χ2n) is 3.83. The largest absolute Gasteiger partial charge is 0.480 e. The monoisotopic (exact) mass is 247 g/mol. The van der Waals surface area contributed by atoms with E-state index in [4.69, 9.17) is 5.11 Å². The van der Waals surface area contributed by atoms with Gasteiger partial charge in [-0.05, 0) is 13.0 Å². The minimum absolute atomic E-state index is 0.258. The van der Waals surface area contributed by atoms with Crippen LogP contribution in [0.25, 0.3) is 10.9 Å². The number of aromatic nitrogens is 2. The second kappa shape index (κ2) is 4.87. The fraction of sp³-hybridized carbons (Fsp3) is 0.250. The Morgan fingerprint density at radius 1 is 1.39 bits per heavy atom. The minimum atomic E-state index is -1.04. The van der Waals surface area contributed by atoms with Gasteiger partial charge in [0.05, 0.1) is 5.52 Å². The van der Waals surface area contributed by atoms with E-state index in [1.54, 1.807) is 13.0 Å². The Kier molecular flexibility index (Phi) is 3.27. The van der Waals surface area contributed by atoms with Gasteiger partial charge in [0, 0.05) is 11.9 Å². The zero-order valence-electron chi connectivity index (χ0n) is 9.88. The lowest BCUT2D eigenvalue weighted by Gasteiger charge is -2.17. The number of aliphatic carboxylic acids is 1. The third-order valence-electron chi connectivity index (χ3n) is 2.67. The SMILES string of the molecule is CCN(CC(=O)O)C(=O)c1n[nH]c2ccccc12. The lowest BCUT2D eigenvalue weighted by molar-refractivity contribution is -0.137. The highest BCUT2D eigenvalue weighted by molar-refractivity contribution is 6.05. The van der Waals surface area contributed by atoms with Crippen LogP contribution in [0.2, 0.25) is 0 Å². The zero-order valence-corrected chi connectivity index (χ0v) is 9.88. The van der Waals surface area contributed by atoms with E-state index in [1.807, 2.05) is 18.2 Å². The Balaban J connectivity index is 2.35. The summed E-state index contributed by atoms with van der Waals surface area (Å²) in [4.78, 5) is 24.1. The highest BCUT2D eigenvalue weighted by atomic mass is 16.4. The highest BCUT2D eigenvalue weighted by Crippen LogP contribution is 2.16. The quantitative estimate of drug-likeness (QED) is 0.847. The Morgan fingerprint density at radius 3 is 2.78 bits per heavy atom. The van der Waals surface area contributed by atoms with Crippen LogP contribution in [0.4, 0.5) is 0 Å². The van der Waals surface area contributed by atoms with Gasteiger partial charge in [-0.25, -0.2) is 0 Å². The standard InChI is InChI=1S/C12H13N3O3/c1-2-15(7-10(16)17)12(18)11-8-5-3-4-6-9(8)13-14-11/h3-6H,2,7H2,1H3,(H,13,14)(H,16,17). The molecule has 0 aliphatic rings. The summed E-state index contributed by atoms with van der Waals surface area (Å²) in [5.74, 6) is -1.41. The fourth-order valence-electron chi connectivity index (χ4n) is 1.77. The molecule has 2 aromatic rings. The number of aromatic amines is 1. The average molecular weight is 247 g/mol. The Bertz CT molecular complexity index is 591. The van der Waals surface area contributed by atoms with Gasteiger partial charge in [0.15, 0.2) is 5.69 Å². The molecular formula is C12H13N3O3. The third-order valence-corrected chi connectivity index (χ3v) is 2.67. The van der Waals surface area contributed by atoms with Crippen molar-refractivity contribution in [1.29, 1.82) is 0 Å². The summed E-state index contributed by atoms with van der Waals surface area (Å²) >= 11 is 0. The maximum absolute atomic E-state index is 12.2. The van der Waals surface area contributed by atoms with Crippen LogP contribution in [0.5, 0.6) is 0 Å². The molecule has 1 aromatic heterocycles. The van der Waals surface area contributed by atoms with Gasteiger partial charge >= 0.3 is 5.97 Å². The predicted octanol–water partition coefficient (Wildman–Crippen LogP) is 1.11. The van der Waals surface area contributed by atoms with Gasteiger partial charge < -0.3 is 10.0 Å². The molecular weight excluding hydrogens is 234 g/mol. The van der Waals surface area contributed by atoms with E-state index in [0.29, 0.717) is 11.9 Å². The summed E-state index contributed by atoms with van der Waals surface area (Å²) in [5, 5.41) is 16.2. The molecule has 2 N–H and O–H groups in total. The molecule has 1 aromatic carbocycles. The number of hydrogen-bond donors (Lipinski definition) is 2. The molecule has 94 valence electrons. The summed E-state index contributed by atoms with van der Waals surface area (Å²) in [5.41, 5.74) is 1.01. The molecule has 1 heterocycles. The average Bonchev–Trinajstić information content (AvgIpc) is 2.78. The number of H-pyrrole nitrogens is 1. The van der Waals surface area contributed by atoms with E-state index in [1.165, 1.54) is 4.90 Å². The maximum Gasteiger partial charge on any atom is 0.323 e. The molecule has 6 heteroatoms. The van der Waals surface area contributed by atoms with Gasteiger partial charge in [0.2, 0.25) is 0 Å². The van der Waals surface area contributed by atoms with E-state index in [0.717, 1.165) is 5.52 Å². The summed E-state index contributed by atoms with van der Waals surface area (Å²) < 4.78 is 0. The van der Waals surface area contributed by atoms with Crippen LogP contribution < -0.4 is 0 Å². The van der Waals surface area contributed by atoms with Gasteiger partial charge in [0.1, 0.15) is 6.54 Å². The number of para-hydroxylation sites is 1. The van der Waals surface area contributed by atoms with Gasteiger partial charge in [-0.15, -0.1) is 0 Å². The van der Waals surface area contributed by atoms with Crippen molar-refractivity contribution in [2.24, 2.45) is 0 Å². The molecule has 0 atom stereocenters. The smallest absolute Gasteiger partial charge is 0.323 e.